The van der Waals surface area contributed by atoms with E-state index < -0.39 is 10.0 Å². The van der Waals surface area contributed by atoms with Gasteiger partial charge in [-0.1, -0.05) is 29.8 Å². The molecule has 1 unspecified atom stereocenters. The molecule has 2 aromatic rings. The molecule has 0 spiro atoms. The number of pyridine rings is 1. The Hall–Kier alpha value is -1.37. The minimum atomic E-state index is -3.68. The Kier molecular flexibility index (Phi) is 4.01. The molecule has 0 bridgehead atoms. The molecule has 1 aliphatic carbocycles. The van der Waals surface area contributed by atoms with Crippen molar-refractivity contribution in [3.8, 4) is 0 Å². The van der Waals surface area contributed by atoms with Crippen LogP contribution in [0.4, 0.5) is 0 Å². The molecule has 0 saturated heterocycles. The van der Waals surface area contributed by atoms with Gasteiger partial charge in [-0.3, -0.25) is 4.40 Å². The lowest BCUT2D eigenvalue weighted by Gasteiger charge is -2.18. The molecule has 2 aromatic heterocycles. The summed E-state index contributed by atoms with van der Waals surface area (Å²) in [7, 11) is -3.68. The summed E-state index contributed by atoms with van der Waals surface area (Å²) < 4.78 is 29.1. The second-order valence-electron chi connectivity index (χ2n) is 5.14. The first-order chi connectivity index (χ1) is 10.1. The third-order valence-electron chi connectivity index (χ3n) is 3.64. The summed E-state index contributed by atoms with van der Waals surface area (Å²) in [5.74, 6) is 0.336. The van der Waals surface area contributed by atoms with Gasteiger partial charge in [0.2, 0.25) is 0 Å². The number of nitrogens with zero attached hydrogens (tertiary/aromatic N) is 2. The summed E-state index contributed by atoms with van der Waals surface area (Å²) >= 11 is 6.01. The molecule has 3 rings (SSSR count). The number of rotatable bonds is 4. The zero-order valence-electron chi connectivity index (χ0n) is 11.4. The van der Waals surface area contributed by atoms with Gasteiger partial charge in [0.1, 0.15) is 5.65 Å². The van der Waals surface area contributed by atoms with Gasteiger partial charge in [-0.25, -0.2) is 18.1 Å². The van der Waals surface area contributed by atoms with Crippen molar-refractivity contribution >= 4 is 27.3 Å². The maximum Gasteiger partial charge on any atom is 0.259 e. The lowest BCUT2D eigenvalue weighted by molar-refractivity contribution is 0.467. The minimum absolute atomic E-state index is 0.00256. The van der Waals surface area contributed by atoms with Crippen molar-refractivity contribution in [1.82, 2.24) is 14.1 Å². The number of aromatic nitrogens is 2. The highest BCUT2D eigenvalue weighted by molar-refractivity contribution is 7.89. The maximum absolute atomic E-state index is 12.5. The Morgan fingerprint density at radius 2 is 2.24 bits per heavy atom. The van der Waals surface area contributed by atoms with E-state index in [1.165, 1.54) is 4.40 Å². The Morgan fingerprint density at radius 3 is 3.00 bits per heavy atom. The van der Waals surface area contributed by atoms with Crippen LogP contribution in [-0.2, 0) is 10.0 Å². The lowest BCUT2D eigenvalue weighted by atomic mass is 9.95. The Bertz CT molecular complexity index is 783. The van der Waals surface area contributed by atoms with Crippen molar-refractivity contribution in [2.45, 2.75) is 24.3 Å². The van der Waals surface area contributed by atoms with E-state index in [9.17, 15) is 8.42 Å². The van der Waals surface area contributed by atoms with E-state index in [1.807, 2.05) is 0 Å². The number of fused-ring (bicyclic) bond motifs is 1. The Balaban J connectivity index is 1.86. The molecular weight excluding hydrogens is 310 g/mol. The fourth-order valence-electron chi connectivity index (χ4n) is 2.52. The molecule has 21 heavy (non-hydrogen) atoms. The Morgan fingerprint density at radius 1 is 1.38 bits per heavy atom. The van der Waals surface area contributed by atoms with Crippen molar-refractivity contribution in [2.75, 3.05) is 6.54 Å². The van der Waals surface area contributed by atoms with Crippen LogP contribution in [0, 0.1) is 5.92 Å². The van der Waals surface area contributed by atoms with Crippen LogP contribution in [0.15, 0.2) is 41.6 Å². The average Bonchev–Trinajstić information content (AvgIpc) is 2.83. The van der Waals surface area contributed by atoms with E-state index in [2.05, 4.69) is 21.9 Å². The predicted molar refractivity (Wildman–Crippen MR) is 81.9 cm³/mol. The summed E-state index contributed by atoms with van der Waals surface area (Å²) in [6.45, 7) is 0.420. The fraction of sp³-hybridized carbons (Fsp3) is 0.357. The van der Waals surface area contributed by atoms with Crippen LogP contribution >= 0.6 is 11.6 Å². The third-order valence-corrected chi connectivity index (χ3v) is 5.46. The van der Waals surface area contributed by atoms with Crippen molar-refractivity contribution in [2.24, 2.45) is 5.92 Å². The summed E-state index contributed by atoms with van der Waals surface area (Å²) in [5, 5.41) is 0.00311. The molecular formula is C14H16ClN3O2S. The molecule has 0 amide bonds. The van der Waals surface area contributed by atoms with Gasteiger partial charge >= 0.3 is 0 Å². The monoisotopic (exact) mass is 325 g/mol. The number of allylic oxidation sites excluding steroid dienone is 2. The van der Waals surface area contributed by atoms with E-state index in [0.29, 0.717) is 18.1 Å². The molecule has 0 aromatic carbocycles. The summed E-state index contributed by atoms with van der Waals surface area (Å²) in [5.41, 5.74) is 0.517. The zero-order valence-corrected chi connectivity index (χ0v) is 12.9. The second kappa shape index (κ2) is 5.79. The van der Waals surface area contributed by atoms with Gasteiger partial charge in [0, 0.05) is 12.7 Å². The van der Waals surface area contributed by atoms with Crippen LogP contribution in [0.1, 0.15) is 19.3 Å². The molecule has 0 aliphatic heterocycles. The van der Waals surface area contributed by atoms with Gasteiger partial charge in [0.25, 0.3) is 10.0 Å². The fourth-order valence-corrected chi connectivity index (χ4v) is 4.28. The molecule has 2 heterocycles. The summed E-state index contributed by atoms with van der Waals surface area (Å²) in [4.78, 5) is 4.07. The lowest BCUT2D eigenvalue weighted by Crippen LogP contribution is -2.30. The molecule has 1 aliphatic rings. The van der Waals surface area contributed by atoms with Crippen LogP contribution in [0.5, 0.6) is 0 Å². The van der Waals surface area contributed by atoms with Gasteiger partial charge < -0.3 is 0 Å². The number of nitrogens with one attached hydrogen (secondary N) is 1. The molecule has 7 heteroatoms. The highest BCUT2D eigenvalue weighted by Crippen LogP contribution is 2.23. The number of hydrogen-bond acceptors (Lipinski definition) is 3. The van der Waals surface area contributed by atoms with E-state index in [0.717, 1.165) is 19.3 Å². The van der Waals surface area contributed by atoms with Gasteiger partial charge in [0.15, 0.2) is 10.2 Å². The van der Waals surface area contributed by atoms with Crippen LogP contribution in [-0.4, -0.2) is 24.3 Å². The molecule has 5 nitrogen and oxygen atoms in total. The first-order valence-corrected chi connectivity index (χ1v) is 8.71. The van der Waals surface area contributed by atoms with Gasteiger partial charge in [-0.2, -0.15) is 0 Å². The number of sulfonamides is 1. The molecule has 112 valence electrons. The van der Waals surface area contributed by atoms with Crippen molar-refractivity contribution < 1.29 is 8.42 Å². The highest BCUT2D eigenvalue weighted by atomic mass is 35.5. The van der Waals surface area contributed by atoms with E-state index >= 15 is 0 Å². The van der Waals surface area contributed by atoms with Gasteiger partial charge in [0.05, 0.1) is 0 Å². The van der Waals surface area contributed by atoms with Crippen molar-refractivity contribution in [3.63, 3.8) is 0 Å². The minimum Gasteiger partial charge on any atom is -0.288 e. The maximum atomic E-state index is 12.5. The second-order valence-corrected chi connectivity index (χ2v) is 7.18. The number of hydrogen-bond donors (Lipinski definition) is 1. The Labute approximate surface area is 128 Å². The normalized spacial score (nSPS) is 19.2. The van der Waals surface area contributed by atoms with Crippen LogP contribution < -0.4 is 4.72 Å². The topological polar surface area (TPSA) is 63.5 Å². The quantitative estimate of drug-likeness (QED) is 0.879. The molecule has 1 N–H and O–H groups in total. The van der Waals surface area contributed by atoms with Gasteiger partial charge in [-0.05, 0) is 37.3 Å². The molecule has 0 fully saturated rings. The number of imidazole rings is 1. The summed E-state index contributed by atoms with van der Waals surface area (Å²) in [6.07, 6.45) is 8.79. The third kappa shape index (κ3) is 2.97. The van der Waals surface area contributed by atoms with Crippen LogP contribution in [0.25, 0.3) is 5.65 Å². The van der Waals surface area contributed by atoms with Crippen LogP contribution in [0.3, 0.4) is 0 Å². The number of halogens is 1. The predicted octanol–water partition coefficient (Wildman–Crippen LogP) is 2.62. The highest BCUT2D eigenvalue weighted by Gasteiger charge is 2.25. The van der Waals surface area contributed by atoms with Crippen molar-refractivity contribution in [1.29, 1.82) is 0 Å². The van der Waals surface area contributed by atoms with E-state index in [1.54, 1.807) is 24.4 Å². The van der Waals surface area contributed by atoms with E-state index in [4.69, 9.17) is 11.6 Å². The first-order valence-electron chi connectivity index (χ1n) is 6.85. The average molecular weight is 326 g/mol. The van der Waals surface area contributed by atoms with Crippen LogP contribution in [0.2, 0.25) is 5.15 Å². The largest absolute Gasteiger partial charge is 0.288 e. The van der Waals surface area contributed by atoms with E-state index in [-0.39, 0.29) is 10.2 Å². The zero-order chi connectivity index (χ0) is 14.9. The molecule has 0 radical (unpaired) electrons. The molecule has 0 saturated carbocycles. The van der Waals surface area contributed by atoms with Crippen molar-refractivity contribution in [3.05, 3.63) is 41.7 Å². The first kappa shape index (κ1) is 14.6. The molecule has 1 atom stereocenters. The summed E-state index contributed by atoms with van der Waals surface area (Å²) in [6, 6.07) is 5.25. The smallest absolute Gasteiger partial charge is 0.259 e. The standard InChI is InChI=1S/C14H16ClN3O2S/c15-13-14(18-9-5-4-8-12(18)17-13)21(19,20)16-10-11-6-2-1-3-7-11/h1-2,4-5,8-9,11,16H,3,6-7,10H2. The van der Waals surface area contributed by atoms with Gasteiger partial charge in [-0.15, -0.1) is 0 Å². The SMILES string of the molecule is O=S(=O)(NCC1CC=CCC1)c1c(Cl)nc2ccccn12.